The van der Waals surface area contributed by atoms with Crippen molar-refractivity contribution in [1.82, 2.24) is 24.3 Å². The Hall–Kier alpha value is -2.60. The van der Waals surface area contributed by atoms with E-state index in [0.717, 1.165) is 51.1 Å². The van der Waals surface area contributed by atoms with Crippen molar-refractivity contribution in [2.45, 2.75) is 58.2 Å². The molecule has 2 aromatic heterocycles. The van der Waals surface area contributed by atoms with Crippen molar-refractivity contribution in [2.75, 3.05) is 13.1 Å². The van der Waals surface area contributed by atoms with Crippen molar-refractivity contribution < 1.29 is 4.79 Å². The fourth-order valence-corrected chi connectivity index (χ4v) is 5.34. The Balaban J connectivity index is 1.57. The van der Waals surface area contributed by atoms with Gasteiger partial charge in [0.25, 0.3) is 0 Å². The summed E-state index contributed by atoms with van der Waals surface area (Å²) in [4.78, 5) is 20.0. The van der Waals surface area contributed by atoms with Crippen molar-refractivity contribution in [3.05, 3.63) is 53.7 Å². The van der Waals surface area contributed by atoms with Crippen LogP contribution in [0.2, 0.25) is 0 Å². The van der Waals surface area contributed by atoms with Gasteiger partial charge in [-0.3, -0.25) is 10.1 Å². The minimum atomic E-state index is -0.165. The van der Waals surface area contributed by atoms with Gasteiger partial charge in [-0.25, -0.2) is 4.98 Å². The summed E-state index contributed by atoms with van der Waals surface area (Å²) < 4.78 is 4.38. The van der Waals surface area contributed by atoms with Crippen LogP contribution in [0.5, 0.6) is 0 Å². The summed E-state index contributed by atoms with van der Waals surface area (Å²) in [7, 11) is 2.04. The van der Waals surface area contributed by atoms with E-state index in [9.17, 15) is 4.79 Å². The van der Waals surface area contributed by atoms with Crippen LogP contribution in [0.25, 0.3) is 10.9 Å². The van der Waals surface area contributed by atoms with E-state index < -0.39 is 0 Å². The number of aryl methyl sites for hydroxylation is 1. The van der Waals surface area contributed by atoms with Gasteiger partial charge in [0.15, 0.2) is 0 Å². The smallest absolute Gasteiger partial charge is 0.240 e. The molecule has 2 atom stereocenters. The van der Waals surface area contributed by atoms with E-state index in [1.54, 1.807) is 0 Å². The van der Waals surface area contributed by atoms with Gasteiger partial charge in [-0.15, -0.1) is 0 Å². The Morgan fingerprint density at radius 1 is 1.26 bits per heavy atom. The number of rotatable bonds is 5. The van der Waals surface area contributed by atoms with Crippen molar-refractivity contribution >= 4 is 16.8 Å². The highest BCUT2D eigenvalue weighted by Gasteiger charge is 2.33. The lowest BCUT2D eigenvalue weighted by atomic mass is 9.94. The summed E-state index contributed by atoms with van der Waals surface area (Å²) in [6.07, 6.45) is 10.1. The third kappa shape index (κ3) is 3.78. The molecule has 1 fully saturated rings. The molecular formula is C25H33N5O. The number of hydrogen-bond acceptors (Lipinski definition) is 3. The number of benzene rings is 1. The first kappa shape index (κ1) is 20.3. The molecule has 6 nitrogen and oxygen atoms in total. The van der Waals surface area contributed by atoms with Gasteiger partial charge in [0.1, 0.15) is 5.82 Å². The van der Waals surface area contributed by atoms with Gasteiger partial charge in [0.05, 0.1) is 12.6 Å². The number of carbonyl (C=O) groups is 1. The number of hydrogen-bond donors (Lipinski definition) is 1. The van der Waals surface area contributed by atoms with Gasteiger partial charge in [-0.05, 0) is 48.8 Å². The standard InChI is InChI=1S/C25H33N5O/c1-17(2)13-20-19-7-6-8-22-24(19)18(15-30(22)16-23-26-9-12-28(23)3)14-21(27-20)25(31)29-10-4-5-11-29/h6-9,12,15,17,20-21,27H,4-5,10-11,13-14,16H2,1-3H3/t20-,21-/m0/s1. The number of amides is 1. The van der Waals surface area contributed by atoms with Crippen LogP contribution >= 0.6 is 0 Å². The van der Waals surface area contributed by atoms with E-state index in [0.29, 0.717) is 5.92 Å². The number of nitrogens with zero attached hydrogens (tertiary/aromatic N) is 4. The van der Waals surface area contributed by atoms with Crippen molar-refractivity contribution in [3.63, 3.8) is 0 Å². The minimum Gasteiger partial charge on any atom is -0.341 e. The molecule has 6 heteroatoms. The Morgan fingerprint density at radius 3 is 2.77 bits per heavy atom. The van der Waals surface area contributed by atoms with Gasteiger partial charge >= 0.3 is 0 Å². The quantitative estimate of drug-likeness (QED) is 0.687. The molecule has 3 aromatic rings. The first-order valence-electron chi connectivity index (χ1n) is 11.6. The van der Waals surface area contributed by atoms with Gasteiger partial charge in [-0.2, -0.15) is 0 Å². The van der Waals surface area contributed by atoms with Crippen molar-refractivity contribution in [3.8, 4) is 0 Å². The maximum Gasteiger partial charge on any atom is 0.240 e. The first-order valence-corrected chi connectivity index (χ1v) is 11.6. The van der Waals surface area contributed by atoms with Crippen LogP contribution in [-0.4, -0.2) is 44.1 Å². The zero-order valence-corrected chi connectivity index (χ0v) is 18.8. The third-order valence-corrected chi connectivity index (χ3v) is 6.87. The molecule has 4 heterocycles. The summed E-state index contributed by atoms with van der Waals surface area (Å²) >= 11 is 0. The molecule has 164 valence electrons. The summed E-state index contributed by atoms with van der Waals surface area (Å²) in [5.41, 5.74) is 3.84. The molecule has 0 unspecified atom stereocenters. The first-order chi connectivity index (χ1) is 15.0. The maximum absolute atomic E-state index is 13.4. The molecular weight excluding hydrogens is 386 g/mol. The second-order valence-corrected chi connectivity index (χ2v) is 9.62. The Bertz CT molecular complexity index is 1090. The Labute approximate surface area is 184 Å². The molecule has 1 aromatic carbocycles. The van der Waals surface area contributed by atoms with Gasteiger partial charge in [-0.1, -0.05) is 26.0 Å². The molecule has 0 radical (unpaired) electrons. The van der Waals surface area contributed by atoms with E-state index in [-0.39, 0.29) is 18.0 Å². The fourth-order valence-electron chi connectivity index (χ4n) is 5.34. The zero-order valence-electron chi connectivity index (χ0n) is 18.8. The van der Waals surface area contributed by atoms with Crippen LogP contribution in [0.15, 0.2) is 36.8 Å². The lowest BCUT2D eigenvalue weighted by Gasteiger charge is -2.28. The highest BCUT2D eigenvalue weighted by atomic mass is 16.2. The largest absolute Gasteiger partial charge is 0.341 e. The number of likely N-dealkylation sites (tertiary alicyclic amines) is 1. The van der Waals surface area contributed by atoms with E-state index in [1.807, 2.05) is 19.4 Å². The van der Waals surface area contributed by atoms with Crippen LogP contribution in [0, 0.1) is 5.92 Å². The molecule has 0 spiro atoms. The monoisotopic (exact) mass is 419 g/mol. The SMILES string of the molecule is CC(C)C[C@@H]1N[C@H](C(=O)N2CCCC2)Cc2cn(Cc3nccn3C)c3cccc1c23. The predicted molar refractivity (Wildman–Crippen MR) is 123 cm³/mol. The van der Waals surface area contributed by atoms with Crippen LogP contribution in [-0.2, 0) is 24.8 Å². The second-order valence-electron chi connectivity index (χ2n) is 9.62. The van der Waals surface area contributed by atoms with Crippen molar-refractivity contribution in [2.24, 2.45) is 13.0 Å². The van der Waals surface area contributed by atoms with Gasteiger partial charge in [0, 0.05) is 55.7 Å². The van der Waals surface area contributed by atoms with E-state index in [1.165, 1.54) is 22.0 Å². The average Bonchev–Trinajstić information content (AvgIpc) is 3.46. The molecule has 0 aliphatic carbocycles. The molecule has 0 bridgehead atoms. The molecule has 1 amide bonds. The molecule has 5 rings (SSSR count). The summed E-state index contributed by atoms with van der Waals surface area (Å²) in [6, 6.07) is 6.64. The highest BCUT2D eigenvalue weighted by Crippen LogP contribution is 2.36. The van der Waals surface area contributed by atoms with Gasteiger partial charge < -0.3 is 14.0 Å². The predicted octanol–water partition coefficient (Wildman–Crippen LogP) is 3.65. The highest BCUT2D eigenvalue weighted by molar-refractivity contribution is 5.90. The molecule has 1 saturated heterocycles. The van der Waals surface area contributed by atoms with Crippen LogP contribution < -0.4 is 5.32 Å². The summed E-state index contributed by atoms with van der Waals surface area (Å²) in [5.74, 6) is 1.85. The van der Waals surface area contributed by atoms with Crippen LogP contribution in [0.1, 0.15) is 56.1 Å². The molecule has 2 aliphatic rings. The fraction of sp³-hybridized carbons (Fsp3) is 0.520. The minimum absolute atomic E-state index is 0.165. The number of carbonyl (C=O) groups excluding carboxylic acids is 1. The Kier molecular flexibility index (Phi) is 5.34. The molecule has 2 aliphatic heterocycles. The van der Waals surface area contributed by atoms with E-state index >= 15 is 0 Å². The number of imidazole rings is 1. The summed E-state index contributed by atoms with van der Waals surface area (Å²) in [6.45, 7) is 7.05. The second kappa shape index (κ2) is 8.15. The average molecular weight is 420 g/mol. The maximum atomic E-state index is 13.4. The third-order valence-electron chi connectivity index (χ3n) is 6.87. The van der Waals surface area contributed by atoms with Crippen molar-refractivity contribution in [1.29, 1.82) is 0 Å². The zero-order chi connectivity index (χ0) is 21.5. The molecule has 1 N–H and O–H groups in total. The van der Waals surface area contributed by atoms with Crippen LogP contribution in [0.3, 0.4) is 0 Å². The number of aromatic nitrogens is 3. The number of nitrogens with one attached hydrogen (secondary N) is 1. The normalized spacial score (nSPS) is 21.2. The topological polar surface area (TPSA) is 55.1 Å². The summed E-state index contributed by atoms with van der Waals surface area (Å²) in [5, 5.41) is 5.10. The molecule has 0 saturated carbocycles. The molecule has 31 heavy (non-hydrogen) atoms. The lowest BCUT2D eigenvalue weighted by Crippen LogP contribution is -2.47. The Morgan fingerprint density at radius 2 is 2.06 bits per heavy atom. The van der Waals surface area contributed by atoms with Crippen LogP contribution in [0.4, 0.5) is 0 Å². The van der Waals surface area contributed by atoms with E-state index in [4.69, 9.17) is 0 Å². The lowest BCUT2D eigenvalue weighted by molar-refractivity contribution is -0.132. The van der Waals surface area contributed by atoms with Gasteiger partial charge in [0.2, 0.25) is 5.91 Å². The van der Waals surface area contributed by atoms with E-state index in [2.05, 4.69) is 62.6 Å².